The minimum atomic E-state index is -0.693. The zero-order valence-corrected chi connectivity index (χ0v) is 10.3. The van der Waals surface area contributed by atoms with Crippen LogP contribution in [0.4, 0.5) is 4.39 Å². The third kappa shape index (κ3) is 1.53. The molecule has 0 bridgehead atoms. The van der Waals surface area contributed by atoms with Gasteiger partial charge in [0, 0.05) is 12.0 Å². The van der Waals surface area contributed by atoms with Crippen LogP contribution in [0.25, 0.3) is 0 Å². The smallest absolute Gasteiger partial charge is 0.143 e. The predicted octanol–water partition coefficient (Wildman–Crippen LogP) is 3.38. The lowest BCUT2D eigenvalue weighted by atomic mass is 9.71. The minimum Gasteiger partial charge on any atom is -0.299 e. The van der Waals surface area contributed by atoms with Crippen molar-refractivity contribution in [1.82, 2.24) is 0 Å². The number of hydrogen-bond donors (Lipinski definition) is 0. The molecule has 0 amide bonds. The van der Waals surface area contributed by atoms with Crippen molar-refractivity contribution in [3.8, 4) is 0 Å². The molecule has 1 nitrogen and oxygen atoms in total. The van der Waals surface area contributed by atoms with Gasteiger partial charge < -0.3 is 0 Å². The third-order valence-electron chi connectivity index (χ3n) is 3.12. The summed E-state index contributed by atoms with van der Waals surface area (Å²) in [6.07, 6.45) is 1.17. The van der Waals surface area contributed by atoms with Crippen LogP contribution in [-0.2, 0) is 16.6 Å². The molecule has 0 saturated carbocycles. The summed E-state index contributed by atoms with van der Waals surface area (Å²) in [6.45, 7) is 3.59. The number of aryl methyl sites for hydroxylation is 1. The largest absolute Gasteiger partial charge is 0.299 e. The molecule has 3 heteroatoms. The first-order valence-corrected chi connectivity index (χ1v) is 5.74. The monoisotopic (exact) mass is 270 g/mol. The maximum atomic E-state index is 14.0. The van der Waals surface area contributed by atoms with E-state index in [-0.39, 0.29) is 11.6 Å². The van der Waals surface area contributed by atoms with Gasteiger partial charge in [0.2, 0.25) is 0 Å². The average Bonchev–Trinajstić information content (AvgIpc) is 2.17. The van der Waals surface area contributed by atoms with E-state index < -0.39 is 5.41 Å². The number of rotatable bonds is 0. The van der Waals surface area contributed by atoms with Gasteiger partial charge in [0.1, 0.15) is 11.6 Å². The van der Waals surface area contributed by atoms with Crippen LogP contribution in [0.3, 0.4) is 0 Å². The summed E-state index contributed by atoms with van der Waals surface area (Å²) < 4.78 is 14.4. The Morgan fingerprint density at radius 1 is 1.33 bits per heavy atom. The van der Waals surface area contributed by atoms with Gasteiger partial charge >= 0.3 is 0 Å². The van der Waals surface area contributed by atoms with E-state index >= 15 is 0 Å². The predicted molar refractivity (Wildman–Crippen MR) is 60.5 cm³/mol. The lowest BCUT2D eigenvalue weighted by Crippen LogP contribution is -2.35. The highest BCUT2D eigenvalue weighted by atomic mass is 79.9. The fourth-order valence-electron chi connectivity index (χ4n) is 2.17. The number of carbonyl (C=O) groups is 1. The molecule has 2 rings (SSSR count). The maximum absolute atomic E-state index is 14.0. The molecule has 0 N–H and O–H groups in total. The van der Waals surface area contributed by atoms with E-state index in [4.69, 9.17) is 0 Å². The second-order valence-corrected chi connectivity index (χ2v) is 5.30. The summed E-state index contributed by atoms with van der Waals surface area (Å²) in [4.78, 5) is 11.8. The summed E-state index contributed by atoms with van der Waals surface area (Å²) in [6, 6.07) is 3.61. The van der Waals surface area contributed by atoms with Crippen LogP contribution in [0.15, 0.2) is 16.6 Å². The Morgan fingerprint density at radius 3 is 2.67 bits per heavy atom. The van der Waals surface area contributed by atoms with Gasteiger partial charge in [0.25, 0.3) is 0 Å². The van der Waals surface area contributed by atoms with E-state index in [0.717, 1.165) is 5.56 Å². The molecule has 0 aliphatic heterocycles. The molecule has 0 fully saturated rings. The zero-order valence-electron chi connectivity index (χ0n) is 8.73. The highest BCUT2D eigenvalue weighted by Gasteiger charge is 2.37. The molecule has 0 spiro atoms. The van der Waals surface area contributed by atoms with Crippen molar-refractivity contribution >= 4 is 21.7 Å². The van der Waals surface area contributed by atoms with Gasteiger partial charge in [-0.15, -0.1) is 0 Å². The first kappa shape index (κ1) is 10.8. The van der Waals surface area contributed by atoms with Gasteiger partial charge in [-0.2, -0.15) is 0 Å². The van der Waals surface area contributed by atoms with Crippen LogP contribution in [0.5, 0.6) is 0 Å². The number of halogens is 2. The molecule has 80 valence electrons. The standard InChI is InChI=1S/C12H12BrFO/c1-12(2)9(15)6-4-7-3-5-8(13)11(14)10(7)12/h3,5H,4,6H2,1-2H3. The Bertz CT molecular complexity index is 437. The Hall–Kier alpha value is -0.700. The Kier molecular flexibility index (Phi) is 2.45. The second kappa shape index (κ2) is 3.41. The number of hydrogen-bond acceptors (Lipinski definition) is 1. The number of fused-ring (bicyclic) bond motifs is 1. The molecule has 0 heterocycles. The molecule has 1 aliphatic rings. The Balaban J connectivity index is 2.72. The summed E-state index contributed by atoms with van der Waals surface area (Å²) in [7, 11) is 0. The Morgan fingerprint density at radius 2 is 2.00 bits per heavy atom. The first-order valence-electron chi connectivity index (χ1n) is 4.95. The molecule has 15 heavy (non-hydrogen) atoms. The van der Waals surface area contributed by atoms with E-state index in [2.05, 4.69) is 15.9 Å². The van der Waals surface area contributed by atoms with Gasteiger partial charge in [-0.05, 0) is 47.8 Å². The summed E-state index contributed by atoms with van der Waals surface area (Å²) >= 11 is 3.16. The fraction of sp³-hybridized carbons (Fsp3) is 0.417. The second-order valence-electron chi connectivity index (χ2n) is 4.44. The molecule has 1 aliphatic carbocycles. The van der Waals surface area contributed by atoms with Crippen LogP contribution in [0, 0.1) is 5.82 Å². The van der Waals surface area contributed by atoms with Crippen molar-refractivity contribution < 1.29 is 9.18 Å². The van der Waals surface area contributed by atoms with Crippen molar-refractivity contribution in [3.63, 3.8) is 0 Å². The van der Waals surface area contributed by atoms with Crippen LogP contribution in [-0.4, -0.2) is 5.78 Å². The molecule has 0 radical (unpaired) electrons. The molecule has 0 aromatic heterocycles. The number of benzene rings is 1. The van der Waals surface area contributed by atoms with Crippen molar-refractivity contribution in [2.45, 2.75) is 32.1 Å². The maximum Gasteiger partial charge on any atom is 0.143 e. The van der Waals surface area contributed by atoms with Gasteiger partial charge in [-0.25, -0.2) is 4.39 Å². The lowest BCUT2D eigenvalue weighted by Gasteiger charge is -2.31. The van der Waals surface area contributed by atoms with Crippen molar-refractivity contribution in [2.24, 2.45) is 0 Å². The van der Waals surface area contributed by atoms with Gasteiger partial charge in [-0.1, -0.05) is 6.07 Å². The van der Waals surface area contributed by atoms with Crippen molar-refractivity contribution in [3.05, 3.63) is 33.5 Å². The van der Waals surface area contributed by atoms with E-state index in [1.54, 1.807) is 19.9 Å². The average molecular weight is 271 g/mol. The number of Topliss-reactive ketones (excluding diaryl/α,β-unsaturated/α-hetero) is 1. The van der Waals surface area contributed by atoms with Crippen LogP contribution >= 0.6 is 15.9 Å². The fourth-order valence-corrected chi connectivity index (χ4v) is 2.51. The summed E-state index contributed by atoms with van der Waals surface area (Å²) in [5.74, 6) is -0.169. The minimum absolute atomic E-state index is 0.118. The molecule has 0 saturated heterocycles. The molecule has 0 atom stereocenters. The van der Waals surface area contributed by atoms with Gasteiger partial charge in [0.05, 0.1) is 9.89 Å². The lowest BCUT2D eigenvalue weighted by molar-refractivity contribution is -0.124. The highest BCUT2D eigenvalue weighted by Crippen LogP contribution is 2.38. The zero-order chi connectivity index (χ0) is 11.2. The first-order chi connectivity index (χ1) is 6.94. The topological polar surface area (TPSA) is 17.1 Å². The van der Waals surface area contributed by atoms with E-state index in [1.165, 1.54) is 0 Å². The normalized spacial score (nSPS) is 18.8. The molecule has 0 unspecified atom stereocenters. The van der Waals surface area contributed by atoms with Crippen LogP contribution < -0.4 is 0 Å². The Labute approximate surface area is 96.8 Å². The SMILES string of the molecule is CC1(C)C(=O)CCc2ccc(Br)c(F)c21. The van der Waals surface area contributed by atoms with Crippen molar-refractivity contribution in [1.29, 1.82) is 0 Å². The van der Waals surface area contributed by atoms with Crippen LogP contribution in [0.1, 0.15) is 31.4 Å². The third-order valence-corrected chi connectivity index (χ3v) is 3.74. The van der Waals surface area contributed by atoms with E-state index in [1.807, 2.05) is 6.07 Å². The van der Waals surface area contributed by atoms with E-state index in [0.29, 0.717) is 22.9 Å². The highest BCUT2D eigenvalue weighted by molar-refractivity contribution is 9.10. The summed E-state index contributed by atoms with van der Waals surface area (Å²) in [5.41, 5.74) is 0.829. The quantitative estimate of drug-likeness (QED) is 0.707. The molecule has 1 aromatic rings. The number of ketones is 1. The molecular formula is C12H12BrFO. The van der Waals surface area contributed by atoms with Crippen molar-refractivity contribution in [2.75, 3.05) is 0 Å². The van der Waals surface area contributed by atoms with Gasteiger partial charge in [-0.3, -0.25) is 4.79 Å². The van der Waals surface area contributed by atoms with Crippen LogP contribution in [0.2, 0.25) is 0 Å². The van der Waals surface area contributed by atoms with Gasteiger partial charge in [0.15, 0.2) is 0 Å². The summed E-state index contributed by atoms with van der Waals surface area (Å²) in [5, 5.41) is 0. The molecule has 1 aromatic carbocycles. The molecular weight excluding hydrogens is 259 g/mol. The van der Waals surface area contributed by atoms with E-state index in [9.17, 15) is 9.18 Å². The number of carbonyl (C=O) groups excluding carboxylic acids is 1.